The van der Waals surface area contributed by atoms with Crippen molar-refractivity contribution < 1.29 is 32.6 Å². The van der Waals surface area contributed by atoms with Crippen LogP contribution in [-0.2, 0) is 24.3 Å². The highest BCUT2D eigenvalue weighted by Crippen LogP contribution is 2.28. The van der Waals surface area contributed by atoms with Crippen LogP contribution >= 0.6 is 11.3 Å². The Morgan fingerprint density at radius 3 is 2.86 bits per heavy atom. The van der Waals surface area contributed by atoms with E-state index in [9.17, 15) is 18.0 Å². The molecule has 1 aromatic heterocycles. The number of carbonyl (C=O) groups excluding carboxylic acids is 1. The maximum absolute atomic E-state index is 12.6. The first-order chi connectivity index (χ1) is 9.89. The molecule has 0 amide bonds. The van der Waals surface area contributed by atoms with Gasteiger partial charge < -0.3 is 14.6 Å². The molecule has 1 aliphatic heterocycles. The number of carboxylic acids is 1. The van der Waals surface area contributed by atoms with E-state index in [1.807, 2.05) is 0 Å². The standard InChI is InChI=1S/C11H13NO7S2/c1-18-11(15)9-8(2-5-20-9)21(16,17)12-3-4-19-6-7(12)10(13)14/h2,5,7H,3-4,6H2,1H3,(H,13,14). The number of methoxy groups -OCH3 is 1. The average Bonchev–Trinajstić information content (AvgIpc) is 2.96. The van der Waals surface area contributed by atoms with E-state index < -0.39 is 28.0 Å². The number of rotatable bonds is 4. The highest BCUT2D eigenvalue weighted by molar-refractivity contribution is 7.89. The minimum Gasteiger partial charge on any atom is -0.480 e. The number of thiophene rings is 1. The second kappa shape index (κ2) is 6.10. The molecule has 8 nitrogen and oxygen atoms in total. The molecule has 2 rings (SSSR count). The van der Waals surface area contributed by atoms with Crippen molar-refractivity contribution in [3.63, 3.8) is 0 Å². The number of hydrogen-bond acceptors (Lipinski definition) is 7. The Balaban J connectivity index is 2.44. The molecule has 1 atom stereocenters. The van der Waals surface area contributed by atoms with Gasteiger partial charge in [-0.25, -0.2) is 13.2 Å². The molecule has 1 N–H and O–H groups in total. The lowest BCUT2D eigenvalue weighted by Crippen LogP contribution is -2.52. The predicted molar refractivity (Wildman–Crippen MR) is 71.8 cm³/mol. The fourth-order valence-corrected chi connectivity index (χ4v) is 4.80. The van der Waals surface area contributed by atoms with Crippen molar-refractivity contribution in [2.24, 2.45) is 0 Å². The molecular formula is C11H13NO7S2. The quantitative estimate of drug-likeness (QED) is 0.772. The van der Waals surface area contributed by atoms with Gasteiger partial charge in [0.05, 0.1) is 20.3 Å². The number of carboxylic acid groups (broad SMARTS) is 1. The molecule has 0 spiro atoms. The van der Waals surface area contributed by atoms with Crippen molar-refractivity contribution >= 4 is 33.3 Å². The Morgan fingerprint density at radius 2 is 2.24 bits per heavy atom. The number of nitrogens with zero attached hydrogens (tertiary/aromatic N) is 1. The highest BCUT2D eigenvalue weighted by Gasteiger charge is 2.40. The second-order valence-corrected chi connectivity index (χ2v) is 6.93. The van der Waals surface area contributed by atoms with Crippen LogP contribution in [0.5, 0.6) is 0 Å². The number of ether oxygens (including phenoxy) is 2. The fourth-order valence-electron chi connectivity index (χ4n) is 1.94. The molecule has 1 aromatic rings. The van der Waals surface area contributed by atoms with Crippen LogP contribution in [0.15, 0.2) is 16.3 Å². The van der Waals surface area contributed by atoms with E-state index in [-0.39, 0.29) is 29.5 Å². The SMILES string of the molecule is COC(=O)c1sccc1S(=O)(=O)N1CCOCC1C(=O)O. The molecule has 0 aromatic carbocycles. The Hall–Kier alpha value is -1.49. The van der Waals surface area contributed by atoms with Crippen molar-refractivity contribution in [1.29, 1.82) is 0 Å². The number of morpholine rings is 1. The Morgan fingerprint density at radius 1 is 1.52 bits per heavy atom. The summed E-state index contributed by atoms with van der Waals surface area (Å²) in [6.45, 7) is -0.220. The normalized spacial score (nSPS) is 20.1. The molecule has 1 fully saturated rings. The molecule has 2 heterocycles. The molecule has 0 radical (unpaired) electrons. The van der Waals surface area contributed by atoms with E-state index in [2.05, 4.69) is 4.74 Å². The van der Waals surface area contributed by atoms with Gasteiger partial charge in [0.2, 0.25) is 10.0 Å². The van der Waals surface area contributed by atoms with E-state index in [1.54, 1.807) is 0 Å². The van der Waals surface area contributed by atoms with Crippen LogP contribution in [0.1, 0.15) is 9.67 Å². The number of esters is 1. The monoisotopic (exact) mass is 335 g/mol. The number of sulfonamides is 1. The van der Waals surface area contributed by atoms with Crippen LogP contribution in [-0.4, -0.2) is 62.7 Å². The van der Waals surface area contributed by atoms with Crippen molar-refractivity contribution in [3.05, 3.63) is 16.3 Å². The van der Waals surface area contributed by atoms with E-state index >= 15 is 0 Å². The molecule has 0 saturated carbocycles. The zero-order chi connectivity index (χ0) is 15.6. The van der Waals surface area contributed by atoms with Gasteiger partial charge in [-0.05, 0) is 11.4 Å². The third kappa shape index (κ3) is 2.93. The fraction of sp³-hybridized carbons (Fsp3) is 0.455. The third-order valence-corrected chi connectivity index (χ3v) is 5.93. The zero-order valence-corrected chi connectivity index (χ0v) is 12.6. The molecule has 10 heteroatoms. The van der Waals surface area contributed by atoms with Gasteiger partial charge in [0.1, 0.15) is 15.8 Å². The Bertz CT molecular complexity index is 651. The molecule has 116 valence electrons. The van der Waals surface area contributed by atoms with Crippen molar-refractivity contribution in [1.82, 2.24) is 4.31 Å². The van der Waals surface area contributed by atoms with Crippen LogP contribution in [0, 0.1) is 0 Å². The van der Waals surface area contributed by atoms with Crippen molar-refractivity contribution in [3.8, 4) is 0 Å². The number of aliphatic carboxylic acids is 1. The summed E-state index contributed by atoms with van der Waals surface area (Å²) in [6.07, 6.45) is 0. The lowest BCUT2D eigenvalue weighted by Gasteiger charge is -2.31. The van der Waals surface area contributed by atoms with Gasteiger partial charge in [0.15, 0.2) is 0 Å². The molecule has 0 aliphatic carbocycles. The lowest BCUT2D eigenvalue weighted by atomic mass is 10.3. The zero-order valence-electron chi connectivity index (χ0n) is 11.0. The van der Waals surface area contributed by atoms with Crippen LogP contribution in [0.4, 0.5) is 0 Å². The summed E-state index contributed by atoms with van der Waals surface area (Å²) >= 11 is 0.924. The van der Waals surface area contributed by atoms with Gasteiger partial charge in [0, 0.05) is 6.54 Å². The molecule has 1 saturated heterocycles. The van der Waals surface area contributed by atoms with E-state index in [1.165, 1.54) is 11.4 Å². The molecule has 1 unspecified atom stereocenters. The van der Waals surface area contributed by atoms with Gasteiger partial charge in [0.25, 0.3) is 0 Å². The lowest BCUT2D eigenvalue weighted by molar-refractivity contribution is -0.146. The minimum absolute atomic E-state index is 0.0758. The summed E-state index contributed by atoms with van der Waals surface area (Å²) in [7, 11) is -2.97. The van der Waals surface area contributed by atoms with Crippen molar-refractivity contribution in [2.75, 3.05) is 26.9 Å². The topological polar surface area (TPSA) is 110 Å². The first kappa shape index (κ1) is 15.9. The van der Waals surface area contributed by atoms with E-state index in [4.69, 9.17) is 9.84 Å². The van der Waals surface area contributed by atoms with Gasteiger partial charge in [-0.15, -0.1) is 11.3 Å². The smallest absolute Gasteiger partial charge is 0.349 e. The first-order valence-electron chi connectivity index (χ1n) is 5.87. The van der Waals surface area contributed by atoms with Crippen LogP contribution < -0.4 is 0 Å². The summed E-state index contributed by atoms with van der Waals surface area (Å²) in [6, 6.07) is -0.0465. The Labute approximate surface area is 124 Å². The van der Waals surface area contributed by atoms with E-state index in [0.29, 0.717) is 0 Å². The molecule has 1 aliphatic rings. The third-order valence-electron chi connectivity index (χ3n) is 2.95. The largest absolute Gasteiger partial charge is 0.480 e. The van der Waals surface area contributed by atoms with E-state index in [0.717, 1.165) is 22.8 Å². The average molecular weight is 335 g/mol. The number of hydrogen-bond donors (Lipinski definition) is 1. The second-order valence-electron chi connectivity index (χ2n) is 4.15. The van der Waals surface area contributed by atoms with Gasteiger partial charge in [-0.1, -0.05) is 0 Å². The molecule has 0 bridgehead atoms. The predicted octanol–water partition coefficient (Wildman–Crippen LogP) is 0.00880. The maximum atomic E-state index is 12.6. The van der Waals surface area contributed by atoms with Crippen LogP contribution in [0.2, 0.25) is 0 Å². The molecule has 21 heavy (non-hydrogen) atoms. The Kier molecular flexibility index (Phi) is 4.61. The summed E-state index contributed by atoms with van der Waals surface area (Å²) < 4.78 is 35.6. The van der Waals surface area contributed by atoms with Gasteiger partial charge in [-0.2, -0.15) is 4.31 Å². The first-order valence-corrected chi connectivity index (χ1v) is 8.19. The maximum Gasteiger partial charge on any atom is 0.349 e. The summed E-state index contributed by atoms with van der Waals surface area (Å²) in [5.74, 6) is -2.07. The van der Waals surface area contributed by atoms with Crippen LogP contribution in [0.3, 0.4) is 0 Å². The summed E-state index contributed by atoms with van der Waals surface area (Å²) in [5, 5.41) is 10.6. The number of carbonyl (C=O) groups is 2. The minimum atomic E-state index is -4.12. The molecular weight excluding hydrogens is 322 g/mol. The highest BCUT2D eigenvalue weighted by atomic mass is 32.2. The summed E-state index contributed by atoms with van der Waals surface area (Å²) in [5.41, 5.74) is 0. The summed E-state index contributed by atoms with van der Waals surface area (Å²) in [4.78, 5) is 22.5. The van der Waals surface area contributed by atoms with Gasteiger partial charge >= 0.3 is 11.9 Å². The van der Waals surface area contributed by atoms with Gasteiger partial charge in [-0.3, -0.25) is 4.79 Å². The van der Waals surface area contributed by atoms with Crippen LogP contribution in [0.25, 0.3) is 0 Å². The van der Waals surface area contributed by atoms with Crippen molar-refractivity contribution in [2.45, 2.75) is 10.9 Å².